The number of likely N-dealkylation sites (tertiary alicyclic amines) is 1. The Bertz CT molecular complexity index is 1200. The van der Waals surface area contributed by atoms with Crippen LogP contribution in [0.25, 0.3) is 22.0 Å². The number of rotatable bonds is 8. The van der Waals surface area contributed by atoms with Crippen molar-refractivity contribution in [1.29, 1.82) is 0 Å². The van der Waals surface area contributed by atoms with Crippen molar-refractivity contribution in [3.05, 3.63) is 66.6 Å². The Hall–Kier alpha value is -3.78. The lowest BCUT2D eigenvalue weighted by molar-refractivity contribution is -0.124. The first-order chi connectivity index (χ1) is 15.7. The van der Waals surface area contributed by atoms with Gasteiger partial charge in [0, 0.05) is 56.3 Å². The molecule has 2 aromatic heterocycles. The van der Waals surface area contributed by atoms with E-state index in [0.29, 0.717) is 17.7 Å². The molecule has 0 saturated carbocycles. The second-order valence-electron chi connectivity index (χ2n) is 8.29. The topological polar surface area (TPSA) is 87.2 Å². The molecule has 5 rings (SSSR count). The Balaban J connectivity index is 1.22. The Kier molecular flexibility index (Phi) is 5.51. The molecule has 0 radical (unpaired) electrons. The van der Waals surface area contributed by atoms with Gasteiger partial charge in [-0.05, 0) is 47.6 Å². The number of nitrogens with zero attached hydrogens (tertiary/aromatic N) is 5. The summed E-state index contributed by atoms with van der Waals surface area (Å²) >= 11 is 0. The summed E-state index contributed by atoms with van der Waals surface area (Å²) in [5.41, 5.74) is 2.97. The molecule has 1 fully saturated rings. The van der Waals surface area contributed by atoms with E-state index >= 15 is 0 Å². The van der Waals surface area contributed by atoms with E-state index < -0.39 is 0 Å². The van der Waals surface area contributed by atoms with E-state index in [1.807, 2.05) is 23.1 Å². The van der Waals surface area contributed by atoms with Gasteiger partial charge in [-0.3, -0.25) is 9.89 Å². The van der Waals surface area contributed by atoms with E-state index in [9.17, 15) is 4.79 Å². The predicted molar refractivity (Wildman–Crippen MR) is 121 cm³/mol. The summed E-state index contributed by atoms with van der Waals surface area (Å²) in [5, 5.41) is 9.09. The maximum Gasteiger partial charge on any atom is 0.321 e. The van der Waals surface area contributed by atoms with Crippen molar-refractivity contribution < 1.29 is 9.53 Å². The van der Waals surface area contributed by atoms with Gasteiger partial charge < -0.3 is 14.5 Å². The largest absolute Gasteiger partial charge is 0.424 e. The van der Waals surface area contributed by atoms with Crippen LogP contribution in [0.5, 0.6) is 11.8 Å². The number of hydrogen-bond acceptors (Lipinski definition) is 6. The highest BCUT2D eigenvalue weighted by Gasteiger charge is 2.26. The Morgan fingerprint density at radius 2 is 1.91 bits per heavy atom. The fraction of sp³-hybridized carbons (Fsp3) is 0.250. The van der Waals surface area contributed by atoms with Crippen molar-refractivity contribution in [2.45, 2.75) is 6.54 Å². The smallest absolute Gasteiger partial charge is 0.321 e. The van der Waals surface area contributed by atoms with E-state index in [-0.39, 0.29) is 0 Å². The second kappa shape index (κ2) is 8.76. The van der Waals surface area contributed by atoms with E-state index in [4.69, 9.17) is 4.74 Å². The zero-order valence-electron chi connectivity index (χ0n) is 17.8. The quantitative estimate of drug-likeness (QED) is 0.433. The third-order valence-corrected chi connectivity index (χ3v) is 5.68. The van der Waals surface area contributed by atoms with Crippen molar-refractivity contribution in [3.63, 3.8) is 0 Å². The van der Waals surface area contributed by atoms with Crippen LogP contribution in [0.15, 0.2) is 61.1 Å². The first-order valence-electron chi connectivity index (χ1n) is 10.6. The highest BCUT2D eigenvalue weighted by atomic mass is 16.5. The molecule has 3 heterocycles. The summed E-state index contributed by atoms with van der Waals surface area (Å²) < 4.78 is 5.85. The number of fused-ring (bicyclic) bond motifs is 1. The third kappa shape index (κ3) is 4.45. The van der Waals surface area contributed by atoms with Crippen LogP contribution in [0.1, 0.15) is 5.56 Å². The van der Waals surface area contributed by atoms with Crippen molar-refractivity contribution in [1.82, 2.24) is 30.0 Å². The minimum Gasteiger partial charge on any atom is -0.424 e. The Morgan fingerprint density at radius 1 is 1.12 bits per heavy atom. The molecular formula is C24H24N6O2. The molecule has 1 amide bonds. The summed E-state index contributed by atoms with van der Waals surface area (Å²) in [4.78, 5) is 23.4. The number of carbonyl (C=O) groups is 1. The standard InChI is InChI=1S/C24H24N6O2/c1-29(13-18-14-30(15-18)16-31)12-17-2-3-20-9-22(5-4-19(20)8-17)32-24-25-10-21(11-26-24)23-6-7-27-28-23/h2-11,16,18H,12-15H2,1H3,(H,27,28). The van der Waals surface area contributed by atoms with E-state index in [1.54, 1.807) is 18.6 Å². The van der Waals surface area contributed by atoms with Gasteiger partial charge in [0.05, 0.1) is 5.69 Å². The number of ether oxygens (including phenoxy) is 1. The van der Waals surface area contributed by atoms with Crippen LogP contribution in [0.2, 0.25) is 0 Å². The van der Waals surface area contributed by atoms with Gasteiger partial charge in [0.25, 0.3) is 0 Å². The van der Waals surface area contributed by atoms with Crippen LogP contribution in [-0.2, 0) is 11.3 Å². The molecule has 0 spiro atoms. The maximum absolute atomic E-state index is 10.7. The second-order valence-corrected chi connectivity index (χ2v) is 8.29. The molecule has 4 aromatic rings. The van der Waals surface area contributed by atoms with Crippen molar-refractivity contribution in [2.75, 3.05) is 26.7 Å². The molecule has 162 valence electrons. The SMILES string of the molecule is CN(Cc1ccc2cc(Oc3ncc(-c4ccn[nH]4)cn3)ccc2c1)CC1CN(C=O)C1. The van der Waals surface area contributed by atoms with Crippen LogP contribution >= 0.6 is 0 Å². The van der Waals surface area contributed by atoms with Gasteiger partial charge in [0.15, 0.2) is 0 Å². The van der Waals surface area contributed by atoms with Crippen molar-refractivity contribution >= 4 is 17.2 Å². The maximum atomic E-state index is 10.7. The molecule has 32 heavy (non-hydrogen) atoms. The number of H-pyrrole nitrogens is 1. The van der Waals surface area contributed by atoms with Gasteiger partial charge in [0.1, 0.15) is 5.75 Å². The molecular weight excluding hydrogens is 404 g/mol. The van der Waals surface area contributed by atoms with Crippen LogP contribution in [-0.4, -0.2) is 63.1 Å². The van der Waals surface area contributed by atoms with Gasteiger partial charge in [-0.2, -0.15) is 5.10 Å². The molecule has 8 nitrogen and oxygen atoms in total. The highest BCUT2D eigenvalue weighted by Crippen LogP contribution is 2.26. The number of aromatic nitrogens is 4. The number of benzene rings is 2. The Labute approximate surface area is 185 Å². The lowest BCUT2D eigenvalue weighted by atomic mass is 10.0. The number of nitrogens with one attached hydrogen (secondary N) is 1. The molecule has 0 atom stereocenters. The fourth-order valence-electron chi connectivity index (χ4n) is 4.09. The molecule has 8 heteroatoms. The molecule has 1 aliphatic heterocycles. The number of aromatic amines is 1. The average Bonchev–Trinajstić information content (AvgIpc) is 3.31. The minimum atomic E-state index is 0.301. The van der Waals surface area contributed by atoms with Gasteiger partial charge in [-0.15, -0.1) is 0 Å². The lowest BCUT2D eigenvalue weighted by Crippen LogP contribution is -2.49. The highest BCUT2D eigenvalue weighted by molar-refractivity contribution is 5.84. The van der Waals surface area contributed by atoms with Crippen molar-refractivity contribution in [3.8, 4) is 23.0 Å². The van der Waals surface area contributed by atoms with Gasteiger partial charge in [-0.1, -0.05) is 18.2 Å². The first kappa shape index (κ1) is 20.1. The van der Waals surface area contributed by atoms with Crippen molar-refractivity contribution in [2.24, 2.45) is 5.92 Å². The first-order valence-corrected chi connectivity index (χ1v) is 10.6. The normalized spacial score (nSPS) is 14.0. The molecule has 2 aromatic carbocycles. The van der Waals surface area contributed by atoms with Gasteiger partial charge in [-0.25, -0.2) is 9.97 Å². The number of carbonyl (C=O) groups excluding carboxylic acids is 1. The van der Waals surface area contributed by atoms with Crippen LogP contribution in [0.3, 0.4) is 0 Å². The molecule has 1 aliphatic rings. The summed E-state index contributed by atoms with van der Waals surface area (Å²) in [5.74, 6) is 1.27. The molecule has 1 N–H and O–H groups in total. The molecule has 0 aliphatic carbocycles. The zero-order chi connectivity index (χ0) is 21.9. The summed E-state index contributed by atoms with van der Waals surface area (Å²) in [6, 6.07) is 14.6. The average molecular weight is 428 g/mol. The molecule has 0 unspecified atom stereocenters. The van der Waals surface area contributed by atoms with E-state index in [0.717, 1.165) is 54.6 Å². The van der Waals surface area contributed by atoms with Gasteiger partial charge in [0.2, 0.25) is 6.41 Å². The summed E-state index contributed by atoms with van der Waals surface area (Å²) in [6.07, 6.45) is 6.04. The van der Waals surface area contributed by atoms with Gasteiger partial charge >= 0.3 is 6.01 Å². The summed E-state index contributed by atoms with van der Waals surface area (Å²) in [7, 11) is 2.13. The zero-order valence-corrected chi connectivity index (χ0v) is 17.8. The monoisotopic (exact) mass is 428 g/mol. The van der Waals surface area contributed by atoms with Crippen LogP contribution in [0, 0.1) is 5.92 Å². The minimum absolute atomic E-state index is 0.301. The molecule has 0 bridgehead atoms. The Morgan fingerprint density at radius 3 is 2.66 bits per heavy atom. The molecule has 1 saturated heterocycles. The van der Waals surface area contributed by atoms with E-state index in [2.05, 4.69) is 56.4 Å². The van der Waals surface area contributed by atoms with Crippen LogP contribution < -0.4 is 4.74 Å². The third-order valence-electron chi connectivity index (χ3n) is 5.68. The van der Waals surface area contributed by atoms with Crippen LogP contribution in [0.4, 0.5) is 0 Å². The predicted octanol–water partition coefficient (Wildman–Crippen LogP) is 3.33. The number of amides is 1. The fourth-order valence-corrected chi connectivity index (χ4v) is 4.09. The number of hydrogen-bond donors (Lipinski definition) is 1. The van der Waals surface area contributed by atoms with E-state index in [1.165, 1.54) is 5.56 Å². The summed E-state index contributed by atoms with van der Waals surface area (Å²) in [6.45, 7) is 3.60. The lowest BCUT2D eigenvalue weighted by Gasteiger charge is -2.38.